The van der Waals surface area contributed by atoms with Crippen LogP contribution in [0.4, 0.5) is 17.2 Å². The lowest BCUT2D eigenvalue weighted by atomic mass is 10.1. The van der Waals surface area contributed by atoms with Crippen LogP contribution in [-0.4, -0.2) is 67.0 Å². The summed E-state index contributed by atoms with van der Waals surface area (Å²) in [6, 6.07) is 19.6. The van der Waals surface area contributed by atoms with Crippen LogP contribution < -0.4 is 15.1 Å². The first-order chi connectivity index (χ1) is 17.4. The summed E-state index contributed by atoms with van der Waals surface area (Å²) in [6.07, 6.45) is 1.96. The van der Waals surface area contributed by atoms with E-state index in [9.17, 15) is 4.79 Å². The summed E-state index contributed by atoms with van der Waals surface area (Å²) >= 11 is 12.8. The fourth-order valence-electron chi connectivity index (χ4n) is 4.53. The van der Waals surface area contributed by atoms with Crippen molar-refractivity contribution in [3.05, 3.63) is 76.9 Å². The predicted molar refractivity (Wildman–Crippen MR) is 149 cm³/mol. The largest absolute Gasteiger partial charge is 0.378 e. The van der Waals surface area contributed by atoms with Gasteiger partial charge in [-0.3, -0.25) is 9.20 Å². The lowest BCUT2D eigenvalue weighted by Crippen LogP contribution is -2.50. The monoisotopic (exact) mass is 522 g/mol. The van der Waals surface area contributed by atoms with E-state index in [-0.39, 0.29) is 12.5 Å². The van der Waals surface area contributed by atoms with E-state index in [4.69, 9.17) is 28.2 Å². The number of carbonyl (C=O) groups excluding carboxylic acids is 1. The molecule has 0 radical (unpaired) electrons. The molecule has 2 aromatic carbocycles. The summed E-state index contributed by atoms with van der Waals surface area (Å²) in [4.78, 5) is 24.0. The quantitative estimate of drug-likeness (QED) is 0.380. The maximum absolute atomic E-state index is 13.1. The number of hydrogen-bond acceptors (Lipinski definition) is 5. The van der Waals surface area contributed by atoms with E-state index in [1.807, 2.05) is 66.0 Å². The molecule has 3 heterocycles. The topological polar surface area (TPSA) is 56.1 Å². The van der Waals surface area contributed by atoms with Crippen LogP contribution in [0.1, 0.15) is 0 Å². The summed E-state index contributed by atoms with van der Waals surface area (Å²) in [5.74, 6) is 0.845. The molecule has 4 aromatic rings. The van der Waals surface area contributed by atoms with Crippen LogP contribution in [0.3, 0.4) is 0 Å². The van der Waals surface area contributed by atoms with Crippen molar-refractivity contribution in [3.63, 3.8) is 0 Å². The van der Waals surface area contributed by atoms with Crippen LogP contribution in [0.25, 0.3) is 16.9 Å². The summed E-state index contributed by atoms with van der Waals surface area (Å²) in [6.45, 7) is 2.74. The second-order valence-corrected chi connectivity index (χ2v) is 9.79. The number of benzene rings is 2. The molecule has 0 saturated carbocycles. The zero-order chi connectivity index (χ0) is 25.2. The van der Waals surface area contributed by atoms with Gasteiger partial charge < -0.3 is 20.0 Å². The van der Waals surface area contributed by atoms with Crippen molar-refractivity contribution in [3.8, 4) is 11.3 Å². The van der Waals surface area contributed by atoms with E-state index < -0.39 is 0 Å². The molecule has 5 rings (SSSR count). The third kappa shape index (κ3) is 4.81. The minimum Gasteiger partial charge on any atom is -0.378 e. The molecule has 2 aromatic heterocycles. The van der Waals surface area contributed by atoms with E-state index in [1.165, 1.54) is 0 Å². The van der Waals surface area contributed by atoms with Gasteiger partial charge in [0.15, 0.2) is 0 Å². The summed E-state index contributed by atoms with van der Waals surface area (Å²) < 4.78 is 1.99. The molecular weight excluding hydrogens is 495 g/mol. The van der Waals surface area contributed by atoms with Gasteiger partial charge in [-0.1, -0.05) is 47.5 Å². The first-order valence-electron chi connectivity index (χ1n) is 11.9. The van der Waals surface area contributed by atoms with E-state index in [2.05, 4.69) is 39.4 Å². The molecule has 36 heavy (non-hydrogen) atoms. The van der Waals surface area contributed by atoms with Gasteiger partial charge in [0.2, 0.25) is 5.91 Å². The molecule has 1 aliphatic heterocycles. The molecule has 0 aliphatic carbocycles. The van der Waals surface area contributed by atoms with E-state index in [0.29, 0.717) is 36.2 Å². The molecule has 1 saturated heterocycles. The summed E-state index contributed by atoms with van der Waals surface area (Å²) in [5.41, 5.74) is 4.58. The van der Waals surface area contributed by atoms with Gasteiger partial charge in [-0.2, -0.15) is 0 Å². The maximum atomic E-state index is 13.1. The predicted octanol–water partition coefficient (Wildman–Crippen LogP) is 5.13. The normalized spacial score (nSPS) is 13.8. The number of rotatable bonds is 6. The smallest absolute Gasteiger partial charge is 0.242 e. The Morgan fingerprint density at radius 3 is 2.31 bits per heavy atom. The van der Waals surface area contributed by atoms with Gasteiger partial charge in [-0.15, -0.1) is 0 Å². The van der Waals surface area contributed by atoms with Crippen LogP contribution in [0.2, 0.25) is 10.0 Å². The number of para-hydroxylation sites is 1. The highest BCUT2D eigenvalue weighted by Gasteiger charge is 2.24. The minimum absolute atomic E-state index is 0.0414. The van der Waals surface area contributed by atoms with E-state index in [0.717, 1.165) is 34.1 Å². The van der Waals surface area contributed by atoms with Crippen molar-refractivity contribution in [2.24, 2.45) is 0 Å². The Labute approximate surface area is 220 Å². The average molecular weight is 523 g/mol. The number of anilines is 3. The number of pyridine rings is 1. The number of imidazole rings is 1. The third-order valence-electron chi connectivity index (χ3n) is 6.48. The Morgan fingerprint density at radius 2 is 1.64 bits per heavy atom. The standard InChI is InChI=1S/C27H28Cl2N6O/c1-32(2)20-11-9-19(10-12-20)25-27(35-13-4-3-8-23(35)31-25)30-18-24(36)33-14-16-34(17-15-33)26-21(28)6-5-7-22(26)29/h3-13,30H,14-18H2,1-2H3. The fraction of sp³-hybridized carbons (Fsp3) is 0.259. The molecule has 7 nitrogen and oxygen atoms in total. The molecule has 0 atom stereocenters. The van der Waals surface area contributed by atoms with Crippen LogP contribution in [0.15, 0.2) is 66.9 Å². The van der Waals surface area contributed by atoms with Crippen LogP contribution in [-0.2, 0) is 4.79 Å². The van der Waals surface area contributed by atoms with Gasteiger partial charge >= 0.3 is 0 Å². The second kappa shape index (κ2) is 10.3. The second-order valence-electron chi connectivity index (χ2n) is 8.97. The molecule has 1 fully saturated rings. The molecule has 1 amide bonds. The number of halogens is 2. The Bertz CT molecular complexity index is 1360. The molecular formula is C27H28Cl2N6O. The fourth-order valence-corrected chi connectivity index (χ4v) is 5.16. The van der Waals surface area contributed by atoms with Gasteiger partial charge in [-0.25, -0.2) is 4.98 Å². The Balaban J connectivity index is 1.30. The number of fused-ring (bicyclic) bond motifs is 1. The lowest BCUT2D eigenvalue weighted by Gasteiger charge is -2.37. The van der Waals surface area contributed by atoms with Crippen molar-refractivity contribution in [1.82, 2.24) is 14.3 Å². The number of nitrogens with zero attached hydrogens (tertiary/aromatic N) is 5. The zero-order valence-corrected chi connectivity index (χ0v) is 21.8. The Morgan fingerprint density at radius 1 is 0.944 bits per heavy atom. The van der Waals surface area contributed by atoms with Gasteiger partial charge in [0.1, 0.15) is 17.2 Å². The van der Waals surface area contributed by atoms with Crippen LogP contribution >= 0.6 is 23.2 Å². The van der Waals surface area contributed by atoms with Crippen molar-refractivity contribution >= 4 is 51.9 Å². The number of amides is 1. The highest BCUT2D eigenvalue weighted by molar-refractivity contribution is 6.39. The maximum Gasteiger partial charge on any atom is 0.242 e. The molecule has 0 spiro atoms. The summed E-state index contributed by atoms with van der Waals surface area (Å²) in [7, 11) is 4.03. The zero-order valence-electron chi connectivity index (χ0n) is 20.3. The van der Waals surface area contributed by atoms with Gasteiger partial charge in [0, 0.05) is 57.7 Å². The molecule has 1 aliphatic rings. The highest BCUT2D eigenvalue weighted by atomic mass is 35.5. The number of nitrogens with one attached hydrogen (secondary N) is 1. The first-order valence-corrected chi connectivity index (χ1v) is 12.6. The SMILES string of the molecule is CN(C)c1ccc(-c2nc3ccccn3c2NCC(=O)N2CCN(c3c(Cl)cccc3Cl)CC2)cc1. The lowest BCUT2D eigenvalue weighted by molar-refractivity contribution is -0.129. The van der Waals surface area contributed by atoms with Crippen molar-refractivity contribution in [2.75, 3.05) is 61.9 Å². The summed E-state index contributed by atoms with van der Waals surface area (Å²) in [5, 5.41) is 4.63. The molecule has 0 bridgehead atoms. The molecule has 186 valence electrons. The average Bonchev–Trinajstić information content (AvgIpc) is 3.26. The Hall–Kier alpha value is -3.42. The third-order valence-corrected chi connectivity index (χ3v) is 7.09. The number of carbonyl (C=O) groups is 1. The number of piperazine rings is 1. The van der Waals surface area contributed by atoms with Gasteiger partial charge in [0.05, 0.1) is 22.3 Å². The number of hydrogen-bond donors (Lipinski definition) is 1. The van der Waals surface area contributed by atoms with Crippen molar-refractivity contribution in [1.29, 1.82) is 0 Å². The molecule has 9 heteroatoms. The van der Waals surface area contributed by atoms with Gasteiger partial charge in [0.25, 0.3) is 0 Å². The van der Waals surface area contributed by atoms with Crippen molar-refractivity contribution in [2.45, 2.75) is 0 Å². The van der Waals surface area contributed by atoms with Crippen LogP contribution in [0, 0.1) is 0 Å². The first kappa shape index (κ1) is 24.3. The Kier molecular flexibility index (Phi) is 6.94. The molecule has 0 unspecified atom stereocenters. The number of aromatic nitrogens is 2. The van der Waals surface area contributed by atoms with E-state index in [1.54, 1.807) is 0 Å². The molecule has 1 N–H and O–H groups in total. The minimum atomic E-state index is 0.0414. The highest BCUT2D eigenvalue weighted by Crippen LogP contribution is 2.34. The van der Waals surface area contributed by atoms with Gasteiger partial charge in [-0.05, 0) is 36.4 Å². The van der Waals surface area contributed by atoms with E-state index >= 15 is 0 Å². The van der Waals surface area contributed by atoms with Crippen molar-refractivity contribution < 1.29 is 4.79 Å². The van der Waals surface area contributed by atoms with Crippen LogP contribution in [0.5, 0.6) is 0 Å².